The highest BCUT2D eigenvalue weighted by atomic mass is 79.9. The van der Waals surface area contributed by atoms with Crippen LogP contribution >= 0.6 is 15.9 Å². The van der Waals surface area contributed by atoms with Crippen molar-refractivity contribution in [1.82, 2.24) is 5.32 Å². The van der Waals surface area contributed by atoms with Crippen LogP contribution in [0.4, 0.5) is 0 Å². The minimum Gasteiger partial charge on any atom is -0.468 e. The van der Waals surface area contributed by atoms with Crippen LogP contribution in [0.15, 0.2) is 28.7 Å². The predicted molar refractivity (Wildman–Crippen MR) is 78.4 cm³/mol. The molecule has 0 aliphatic carbocycles. The van der Waals surface area contributed by atoms with E-state index in [2.05, 4.69) is 21.2 Å². The Kier molecular flexibility index (Phi) is 3.75. The van der Waals surface area contributed by atoms with Crippen LogP contribution in [0.25, 0.3) is 0 Å². The molecule has 0 amide bonds. The van der Waals surface area contributed by atoms with Gasteiger partial charge >= 0.3 is 11.9 Å². The Morgan fingerprint density at radius 3 is 2.71 bits per heavy atom. The SMILES string of the molecule is COC(=O)[C@H]1C[C@@]2(CCOC2=O)[C@@H](c2ccc(Br)cc2)N1. The van der Waals surface area contributed by atoms with E-state index < -0.39 is 11.5 Å². The van der Waals surface area contributed by atoms with Crippen LogP contribution in [-0.2, 0) is 19.1 Å². The number of carbonyl (C=O) groups excluding carboxylic acids is 2. The molecular weight excluding hydrogens is 338 g/mol. The molecule has 1 N–H and O–H groups in total. The molecule has 1 aromatic carbocycles. The maximum absolute atomic E-state index is 12.3. The van der Waals surface area contributed by atoms with E-state index in [9.17, 15) is 9.59 Å². The van der Waals surface area contributed by atoms with E-state index in [1.807, 2.05) is 24.3 Å². The van der Waals surface area contributed by atoms with Crippen molar-refractivity contribution in [2.45, 2.75) is 24.9 Å². The van der Waals surface area contributed by atoms with Crippen molar-refractivity contribution in [3.05, 3.63) is 34.3 Å². The lowest BCUT2D eigenvalue weighted by atomic mass is 9.75. The molecule has 2 fully saturated rings. The topological polar surface area (TPSA) is 64.6 Å². The van der Waals surface area contributed by atoms with Gasteiger partial charge in [0.2, 0.25) is 0 Å². The molecule has 0 radical (unpaired) electrons. The molecule has 21 heavy (non-hydrogen) atoms. The fourth-order valence-corrected chi connectivity index (χ4v) is 3.55. The summed E-state index contributed by atoms with van der Waals surface area (Å²) in [7, 11) is 1.36. The summed E-state index contributed by atoms with van der Waals surface area (Å²) in [5.74, 6) is -0.567. The van der Waals surface area contributed by atoms with Crippen molar-refractivity contribution < 1.29 is 19.1 Å². The maximum atomic E-state index is 12.3. The number of ether oxygens (including phenoxy) is 2. The third-order valence-electron chi connectivity index (χ3n) is 4.37. The van der Waals surface area contributed by atoms with Gasteiger partial charge in [-0.05, 0) is 30.5 Å². The first-order valence-corrected chi connectivity index (χ1v) is 7.63. The molecule has 3 atom stereocenters. The average molecular weight is 354 g/mol. The van der Waals surface area contributed by atoms with Gasteiger partial charge in [-0.25, -0.2) is 0 Å². The fourth-order valence-electron chi connectivity index (χ4n) is 3.29. The van der Waals surface area contributed by atoms with Crippen LogP contribution in [-0.4, -0.2) is 31.7 Å². The maximum Gasteiger partial charge on any atom is 0.322 e. The standard InChI is InChI=1S/C15H16BrNO4/c1-20-13(18)11-8-15(6-7-21-14(15)19)12(17-11)9-2-4-10(16)5-3-9/h2-5,11-12,17H,6-8H2,1H3/t11-,12-,15+/m1/s1. The summed E-state index contributed by atoms with van der Waals surface area (Å²) in [6.07, 6.45) is 1.03. The van der Waals surface area contributed by atoms with E-state index in [0.717, 1.165) is 10.0 Å². The Balaban J connectivity index is 1.97. The first-order chi connectivity index (χ1) is 10.1. The Morgan fingerprint density at radius 2 is 2.14 bits per heavy atom. The number of hydrogen-bond donors (Lipinski definition) is 1. The van der Waals surface area contributed by atoms with Gasteiger partial charge < -0.3 is 9.47 Å². The lowest BCUT2D eigenvalue weighted by molar-refractivity contribution is -0.147. The molecular formula is C15H16BrNO4. The summed E-state index contributed by atoms with van der Waals surface area (Å²) < 4.78 is 11.0. The Bertz CT molecular complexity index is 574. The van der Waals surface area contributed by atoms with Gasteiger partial charge in [0.15, 0.2) is 0 Å². The van der Waals surface area contributed by atoms with Crippen LogP contribution in [0.5, 0.6) is 0 Å². The van der Waals surface area contributed by atoms with Gasteiger partial charge in [-0.1, -0.05) is 28.1 Å². The van der Waals surface area contributed by atoms with Gasteiger partial charge in [-0.15, -0.1) is 0 Å². The number of esters is 2. The normalized spacial score (nSPS) is 31.4. The molecule has 0 aromatic heterocycles. The van der Waals surface area contributed by atoms with Gasteiger partial charge in [0.05, 0.1) is 19.1 Å². The number of methoxy groups -OCH3 is 1. The fraction of sp³-hybridized carbons (Fsp3) is 0.467. The largest absolute Gasteiger partial charge is 0.468 e. The lowest BCUT2D eigenvalue weighted by Crippen LogP contribution is -2.34. The summed E-state index contributed by atoms with van der Waals surface area (Å²) in [6.45, 7) is 0.404. The molecule has 112 valence electrons. The lowest BCUT2D eigenvalue weighted by Gasteiger charge is -2.26. The van der Waals surface area contributed by atoms with Crippen LogP contribution in [0.2, 0.25) is 0 Å². The van der Waals surface area contributed by atoms with Crippen molar-refractivity contribution in [1.29, 1.82) is 0 Å². The van der Waals surface area contributed by atoms with Crippen molar-refractivity contribution in [2.75, 3.05) is 13.7 Å². The number of benzene rings is 1. The third-order valence-corrected chi connectivity index (χ3v) is 4.89. The minimum atomic E-state index is -0.674. The van der Waals surface area contributed by atoms with E-state index >= 15 is 0 Å². The quantitative estimate of drug-likeness (QED) is 0.823. The Hall–Kier alpha value is -1.40. The summed E-state index contributed by atoms with van der Waals surface area (Å²) in [6, 6.07) is 7.05. The second kappa shape index (κ2) is 5.42. The van der Waals surface area contributed by atoms with E-state index in [1.165, 1.54) is 7.11 Å². The van der Waals surface area contributed by atoms with Crippen molar-refractivity contribution >= 4 is 27.9 Å². The average Bonchev–Trinajstić information content (AvgIpc) is 3.05. The summed E-state index contributed by atoms with van der Waals surface area (Å²) in [5, 5.41) is 3.25. The summed E-state index contributed by atoms with van der Waals surface area (Å²) >= 11 is 3.40. The zero-order chi connectivity index (χ0) is 15.0. The molecule has 2 heterocycles. The van der Waals surface area contributed by atoms with Crippen molar-refractivity contribution in [2.24, 2.45) is 5.41 Å². The zero-order valence-electron chi connectivity index (χ0n) is 11.6. The number of cyclic esters (lactones) is 1. The van der Waals surface area contributed by atoms with Gasteiger partial charge in [-0.2, -0.15) is 0 Å². The Morgan fingerprint density at radius 1 is 1.43 bits per heavy atom. The molecule has 0 saturated carbocycles. The van der Waals surface area contributed by atoms with E-state index in [4.69, 9.17) is 9.47 Å². The van der Waals surface area contributed by atoms with Crippen molar-refractivity contribution in [3.8, 4) is 0 Å². The van der Waals surface area contributed by atoms with Gasteiger partial charge in [0.1, 0.15) is 6.04 Å². The molecule has 1 spiro atoms. The minimum absolute atomic E-state index is 0.227. The third kappa shape index (κ3) is 2.36. The Labute approximate surface area is 131 Å². The van der Waals surface area contributed by atoms with E-state index in [-0.39, 0.29) is 18.0 Å². The van der Waals surface area contributed by atoms with Crippen molar-refractivity contribution in [3.63, 3.8) is 0 Å². The smallest absolute Gasteiger partial charge is 0.322 e. The molecule has 1 aromatic rings. The van der Waals surface area contributed by atoms with Gasteiger partial charge in [0.25, 0.3) is 0 Å². The van der Waals surface area contributed by atoms with Crippen LogP contribution in [0, 0.1) is 5.41 Å². The molecule has 3 rings (SSSR count). The molecule has 2 aliphatic heterocycles. The molecule has 0 bridgehead atoms. The number of nitrogens with one attached hydrogen (secondary N) is 1. The molecule has 6 heteroatoms. The number of halogens is 1. The molecule has 0 unspecified atom stereocenters. The first-order valence-electron chi connectivity index (χ1n) is 6.83. The number of hydrogen-bond acceptors (Lipinski definition) is 5. The highest BCUT2D eigenvalue weighted by Gasteiger charge is 2.58. The summed E-state index contributed by atoms with van der Waals surface area (Å²) in [5.41, 5.74) is 0.301. The number of rotatable bonds is 2. The highest BCUT2D eigenvalue weighted by Crippen LogP contribution is 2.50. The van der Waals surface area contributed by atoms with Crippen LogP contribution in [0.1, 0.15) is 24.4 Å². The van der Waals surface area contributed by atoms with Crippen LogP contribution in [0.3, 0.4) is 0 Å². The zero-order valence-corrected chi connectivity index (χ0v) is 13.2. The predicted octanol–water partition coefficient (Wildman–Crippen LogP) is 1.96. The van der Waals surface area contributed by atoms with E-state index in [1.54, 1.807) is 0 Å². The molecule has 2 saturated heterocycles. The van der Waals surface area contributed by atoms with Crippen LogP contribution < -0.4 is 5.32 Å². The molecule has 2 aliphatic rings. The number of carbonyl (C=O) groups is 2. The summed E-state index contributed by atoms with van der Waals surface area (Å²) in [4.78, 5) is 24.1. The van der Waals surface area contributed by atoms with Gasteiger partial charge in [0, 0.05) is 10.5 Å². The van der Waals surface area contributed by atoms with E-state index in [0.29, 0.717) is 19.4 Å². The second-order valence-electron chi connectivity index (χ2n) is 5.47. The second-order valence-corrected chi connectivity index (χ2v) is 6.39. The molecule has 5 nitrogen and oxygen atoms in total. The first kappa shape index (κ1) is 14.5. The monoisotopic (exact) mass is 353 g/mol. The highest BCUT2D eigenvalue weighted by molar-refractivity contribution is 9.10. The van der Waals surface area contributed by atoms with Gasteiger partial charge in [-0.3, -0.25) is 14.9 Å².